The third kappa shape index (κ3) is 4.43. The van der Waals surface area contributed by atoms with Gasteiger partial charge in [0.15, 0.2) is 11.5 Å². The summed E-state index contributed by atoms with van der Waals surface area (Å²) in [5.74, 6) is 0.687. The minimum atomic E-state index is -0.152. The molecular weight excluding hydrogens is 338 g/mol. The summed E-state index contributed by atoms with van der Waals surface area (Å²) < 4.78 is 5.31. The lowest BCUT2D eigenvalue weighted by molar-refractivity contribution is 0.0693. The van der Waals surface area contributed by atoms with E-state index in [1.807, 2.05) is 17.8 Å². The van der Waals surface area contributed by atoms with Gasteiger partial charge in [-0.3, -0.25) is 4.79 Å². The number of carbonyl (C=O) groups excluding carboxylic acids is 1. The number of anilines is 1. The number of thioether (sulfide) groups is 1. The van der Waals surface area contributed by atoms with Crippen LogP contribution in [0.2, 0.25) is 0 Å². The van der Waals surface area contributed by atoms with Crippen LogP contribution in [-0.4, -0.2) is 85.0 Å². The largest absolute Gasteiger partial charge is 0.381 e. The highest BCUT2D eigenvalue weighted by Crippen LogP contribution is 2.27. The standard InChI is InChI=1S/C17H27N5O2S/c1-21(2)14-10-22(11-15(14)25-3)16-5-4-13(19-20-16)17(23)18-12-6-8-24-9-7-12/h4-5,12,14-15H,6-11H2,1-3H3,(H,18,23)/t14-,15+/m1/s1. The van der Waals surface area contributed by atoms with Crippen molar-refractivity contribution in [2.24, 2.45) is 0 Å². The average Bonchev–Trinajstić information content (AvgIpc) is 3.07. The van der Waals surface area contributed by atoms with Crippen molar-refractivity contribution >= 4 is 23.5 Å². The maximum Gasteiger partial charge on any atom is 0.272 e. The second-order valence-corrected chi connectivity index (χ2v) is 7.92. The van der Waals surface area contributed by atoms with Gasteiger partial charge in [-0.15, -0.1) is 10.2 Å². The molecule has 2 aliphatic rings. The number of carbonyl (C=O) groups is 1. The SMILES string of the molecule is CS[C@H]1CN(c2ccc(C(=O)NC3CCOCC3)nn2)C[C@H]1N(C)C. The van der Waals surface area contributed by atoms with Crippen LogP contribution in [0.15, 0.2) is 12.1 Å². The molecule has 25 heavy (non-hydrogen) atoms. The Kier molecular flexibility index (Phi) is 6.14. The second kappa shape index (κ2) is 8.33. The summed E-state index contributed by atoms with van der Waals surface area (Å²) in [5, 5.41) is 12.0. The Balaban J connectivity index is 1.61. The van der Waals surface area contributed by atoms with Crippen molar-refractivity contribution in [2.75, 3.05) is 51.6 Å². The van der Waals surface area contributed by atoms with Gasteiger partial charge >= 0.3 is 0 Å². The molecule has 7 nitrogen and oxygen atoms in total. The number of hydrogen-bond donors (Lipinski definition) is 1. The third-order valence-corrected chi connectivity index (χ3v) is 6.04. The lowest BCUT2D eigenvalue weighted by Crippen LogP contribution is -2.39. The molecule has 0 aromatic carbocycles. The van der Waals surface area contributed by atoms with E-state index in [4.69, 9.17) is 4.74 Å². The Labute approximate surface area is 153 Å². The number of nitrogens with one attached hydrogen (secondary N) is 1. The molecule has 0 radical (unpaired) electrons. The van der Waals surface area contributed by atoms with Crippen LogP contribution >= 0.6 is 11.8 Å². The summed E-state index contributed by atoms with van der Waals surface area (Å²) in [4.78, 5) is 16.8. The van der Waals surface area contributed by atoms with E-state index in [9.17, 15) is 4.79 Å². The zero-order valence-corrected chi connectivity index (χ0v) is 16.0. The molecule has 2 fully saturated rings. The van der Waals surface area contributed by atoms with Gasteiger partial charge in [0, 0.05) is 43.6 Å². The van der Waals surface area contributed by atoms with Crippen molar-refractivity contribution < 1.29 is 9.53 Å². The predicted molar refractivity (Wildman–Crippen MR) is 100 cm³/mol. The molecule has 2 atom stereocenters. The van der Waals surface area contributed by atoms with Gasteiger partial charge in [0.1, 0.15) is 0 Å². The molecule has 1 amide bonds. The van der Waals surface area contributed by atoms with Gasteiger partial charge in [-0.05, 0) is 45.3 Å². The molecule has 0 bridgehead atoms. The highest BCUT2D eigenvalue weighted by atomic mass is 32.2. The van der Waals surface area contributed by atoms with Crippen molar-refractivity contribution in [3.8, 4) is 0 Å². The summed E-state index contributed by atoms with van der Waals surface area (Å²) in [7, 11) is 4.24. The van der Waals surface area contributed by atoms with Gasteiger partial charge in [-0.1, -0.05) is 0 Å². The van der Waals surface area contributed by atoms with Crippen LogP contribution in [0.1, 0.15) is 23.3 Å². The molecule has 3 heterocycles. The molecule has 0 saturated carbocycles. The Morgan fingerprint density at radius 3 is 2.60 bits per heavy atom. The number of ether oxygens (including phenoxy) is 1. The molecule has 1 N–H and O–H groups in total. The summed E-state index contributed by atoms with van der Waals surface area (Å²) in [6, 6.07) is 4.34. The summed E-state index contributed by atoms with van der Waals surface area (Å²) in [6.45, 7) is 3.29. The molecule has 2 saturated heterocycles. The van der Waals surface area contributed by atoms with E-state index in [0.717, 1.165) is 31.7 Å². The first-order valence-corrected chi connectivity index (χ1v) is 10.0. The second-order valence-electron chi connectivity index (χ2n) is 6.85. The molecule has 2 aliphatic heterocycles. The van der Waals surface area contributed by atoms with Crippen molar-refractivity contribution in [3.63, 3.8) is 0 Å². The van der Waals surface area contributed by atoms with Crippen molar-refractivity contribution in [1.29, 1.82) is 0 Å². The van der Waals surface area contributed by atoms with E-state index in [1.54, 1.807) is 6.07 Å². The number of amides is 1. The van der Waals surface area contributed by atoms with E-state index in [-0.39, 0.29) is 11.9 Å². The topological polar surface area (TPSA) is 70.6 Å². The van der Waals surface area contributed by atoms with Gasteiger partial charge in [0.2, 0.25) is 0 Å². The smallest absolute Gasteiger partial charge is 0.272 e. The predicted octanol–water partition coefficient (Wildman–Crippen LogP) is 0.867. The first kappa shape index (κ1) is 18.4. The highest BCUT2D eigenvalue weighted by Gasteiger charge is 2.34. The lowest BCUT2D eigenvalue weighted by Gasteiger charge is -2.23. The monoisotopic (exact) mass is 365 g/mol. The molecule has 138 valence electrons. The first-order chi connectivity index (χ1) is 12.1. The van der Waals surface area contributed by atoms with E-state index >= 15 is 0 Å². The molecule has 3 rings (SSSR count). The van der Waals surface area contributed by atoms with E-state index in [2.05, 4.69) is 45.7 Å². The lowest BCUT2D eigenvalue weighted by atomic mass is 10.1. The fraction of sp³-hybridized carbons (Fsp3) is 0.706. The maximum absolute atomic E-state index is 12.3. The van der Waals surface area contributed by atoms with Crippen LogP contribution in [0, 0.1) is 0 Å². The maximum atomic E-state index is 12.3. The van der Waals surface area contributed by atoms with Gasteiger partial charge in [0.05, 0.1) is 0 Å². The number of hydrogen-bond acceptors (Lipinski definition) is 7. The van der Waals surface area contributed by atoms with Crippen LogP contribution in [0.5, 0.6) is 0 Å². The Morgan fingerprint density at radius 1 is 1.28 bits per heavy atom. The van der Waals surface area contributed by atoms with E-state index in [1.165, 1.54) is 0 Å². The van der Waals surface area contributed by atoms with Crippen LogP contribution < -0.4 is 10.2 Å². The van der Waals surface area contributed by atoms with Crippen LogP contribution in [0.4, 0.5) is 5.82 Å². The van der Waals surface area contributed by atoms with Gasteiger partial charge in [0.25, 0.3) is 5.91 Å². The summed E-state index contributed by atoms with van der Waals surface area (Å²) in [5.41, 5.74) is 0.375. The fourth-order valence-corrected chi connectivity index (χ4v) is 4.36. The summed E-state index contributed by atoms with van der Waals surface area (Å²) >= 11 is 1.89. The number of likely N-dealkylation sites (N-methyl/N-ethyl adjacent to an activating group) is 1. The zero-order valence-electron chi connectivity index (χ0n) is 15.1. The molecule has 1 aromatic rings. The Hall–Kier alpha value is -1.38. The first-order valence-electron chi connectivity index (χ1n) is 8.75. The van der Waals surface area contributed by atoms with E-state index < -0.39 is 0 Å². The third-order valence-electron chi connectivity index (χ3n) is 4.97. The van der Waals surface area contributed by atoms with Crippen LogP contribution in [-0.2, 0) is 4.74 Å². The highest BCUT2D eigenvalue weighted by molar-refractivity contribution is 7.99. The molecule has 8 heteroatoms. The molecule has 0 spiro atoms. The number of nitrogens with zero attached hydrogens (tertiary/aromatic N) is 4. The minimum absolute atomic E-state index is 0.152. The quantitative estimate of drug-likeness (QED) is 0.830. The summed E-state index contributed by atoms with van der Waals surface area (Å²) in [6.07, 6.45) is 3.86. The van der Waals surface area contributed by atoms with Crippen LogP contribution in [0.25, 0.3) is 0 Å². The van der Waals surface area contributed by atoms with Gasteiger partial charge < -0.3 is 19.9 Å². The average molecular weight is 366 g/mol. The fourth-order valence-electron chi connectivity index (χ4n) is 3.39. The minimum Gasteiger partial charge on any atom is -0.381 e. The Morgan fingerprint density at radius 2 is 2.04 bits per heavy atom. The van der Waals surface area contributed by atoms with Crippen molar-refractivity contribution in [1.82, 2.24) is 20.4 Å². The van der Waals surface area contributed by atoms with Gasteiger partial charge in [-0.25, -0.2) is 0 Å². The molecule has 0 aliphatic carbocycles. The van der Waals surface area contributed by atoms with Crippen molar-refractivity contribution in [2.45, 2.75) is 30.2 Å². The van der Waals surface area contributed by atoms with Crippen molar-refractivity contribution in [3.05, 3.63) is 17.8 Å². The molecular formula is C17H27N5O2S. The Bertz CT molecular complexity index is 577. The normalized spacial score (nSPS) is 24.7. The number of rotatable bonds is 5. The number of aromatic nitrogens is 2. The van der Waals surface area contributed by atoms with Crippen LogP contribution in [0.3, 0.4) is 0 Å². The molecule has 1 aromatic heterocycles. The van der Waals surface area contributed by atoms with Gasteiger partial charge in [-0.2, -0.15) is 11.8 Å². The van der Waals surface area contributed by atoms with E-state index in [0.29, 0.717) is 30.2 Å². The molecule has 0 unspecified atom stereocenters. The zero-order chi connectivity index (χ0) is 17.8.